The van der Waals surface area contributed by atoms with Crippen molar-refractivity contribution in [3.05, 3.63) is 76.9 Å². The van der Waals surface area contributed by atoms with Gasteiger partial charge in [-0.15, -0.1) is 0 Å². The third-order valence-corrected chi connectivity index (χ3v) is 4.73. The number of Topliss-reactive ketones (excluding diaryl/α,β-unsaturated/α-hetero) is 1. The third kappa shape index (κ3) is 3.78. The number of carbonyl (C=O) groups is 2. The van der Waals surface area contributed by atoms with E-state index in [-0.39, 0.29) is 11.3 Å². The third-order valence-electron chi connectivity index (χ3n) is 4.73. The van der Waals surface area contributed by atoms with Crippen LogP contribution in [-0.4, -0.2) is 42.0 Å². The molecule has 0 aromatic heterocycles. The first kappa shape index (κ1) is 18.9. The van der Waals surface area contributed by atoms with Crippen molar-refractivity contribution in [2.75, 3.05) is 20.3 Å². The van der Waals surface area contributed by atoms with Crippen molar-refractivity contribution in [2.45, 2.75) is 19.4 Å². The van der Waals surface area contributed by atoms with Gasteiger partial charge in [-0.05, 0) is 18.9 Å². The summed E-state index contributed by atoms with van der Waals surface area (Å²) in [6.07, 6.45) is 0.608. The second-order valence-corrected chi connectivity index (χ2v) is 6.62. The van der Waals surface area contributed by atoms with Crippen LogP contribution in [0, 0.1) is 6.92 Å². The van der Waals surface area contributed by atoms with E-state index in [0.717, 1.165) is 11.1 Å². The zero-order valence-corrected chi connectivity index (χ0v) is 15.5. The van der Waals surface area contributed by atoms with E-state index in [9.17, 15) is 14.7 Å². The molecule has 1 heterocycles. The van der Waals surface area contributed by atoms with Crippen molar-refractivity contribution in [3.8, 4) is 0 Å². The Morgan fingerprint density at radius 2 is 1.74 bits per heavy atom. The molecule has 1 unspecified atom stereocenters. The van der Waals surface area contributed by atoms with Gasteiger partial charge in [0.05, 0.1) is 11.6 Å². The highest BCUT2D eigenvalue weighted by atomic mass is 16.5. The summed E-state index contributed by atoms with van der Waals surface area (Å²) >= 11 is 0. The van der Waals surface area contributed by atoms with Crippen LogP contribution in [0.25, 0.3) is 5.76 Å². The maximum atomic E-state index is 12.8. The summed E-state index contributed by atoms with van der Waals surface area (Å²) in [6.45, 7) is 2.84. The van der Waals surface area contributed by atoms with Gasteiger partial charge in [0.25, 0.3) is 11.7 Å². The lowest BCUT2D eigenvalue weighted by Gasteiger charge is -2.25. The van der Waals surface area contributed by atoms with Crippen LogP contribution in [-0.2, 0) is 14.3 Å². The number of nitrogens with zero attached hydrogens (tertiary/aromatic N) is 1. The first-order valence-electron chi connectivity index (χ1n) is 8.94. The van der Waals surface area contributed by atoms with E-state index in [2.05, 4.69) is 0 Å². The molecule has 2 aromatic rings. The van der Waals surface area contributed by atoms with E-state index in [4.69, 9.17) is 4.74 Å². The molecule has 1 N–H and O–H groups in total. The second kappa shape index (κ2) is 8.18. The largest absolute Gasteiger partial charge is 0.507 e. The highest BCUT2D eigenvalue weighted by Crippen LogP contribution is 2.39. The lowest BCUT2D eigenvalue weighted by Crippen LogP contribution is -2.31. The highest BCUT2D eigenvalue weighted by Gasteiger charge is 2.45. The Morgan fingerprint density at radius 3 is 2.37 bits per heavy atom. The number of aliphatic hydroxyl groups is 1. The van der Waals surface area contributed by atoms with E-state index in [0.29, 0.717) is 25.1 Å². The lowest BCUT2D eigenvalue weighted by atomic mass is 9.94. The molecule has 1 amide bonds. The molecule has 3 rings (SSSR count). The molecular formula is C22H23NO4. The van der Waals surface area contributed by atoms with Gasteiger partial charge in [0.1, 0.15) is 5.76 Å². The number of likely N-dealkylation sites (tertiary alicyclic amines) is 1. The molecule has 5 nitrogen and oxygen atoms in total. The quantitative estimate of drug-likeness (QED) is 0.368. The van der Waals surface area contributed by atoms with Crippen molar-refractivity contribution in [1.82, 2.24) is 4.90 Å². The zero-order chi connectivity index (χ0) is 19.4. The predicted octanol–water partition coefficient (Wildman–Crippen LogP) is 3.45. The highest BCUT2D eigenvalue weighted by molar-refractivity contribution is 6.46. The fraction of sp³-hybridized carbons (Fsp3) is 0.273. The molecule has 1 saturated heterocycles. The Hall–Kier alpha value is -2.92. The minimum atomic E-state index is -0.653. The molecule has 5 heteroatoms. The summed E-state index contributed by atoms with van der Waals surface area (Å²) in [5.74, 6) is -1.39. The van der Waals surface area contributed by atoms with E-state index in [1.807, 2.05) is 37.3 Å². The number of methoxy groups -OCH3 is 1. The van der Waals surface area contributed by atoms with Crippen LogP contribution >= 0.6 is 0 Å². The molecule has 1 atom stereocenters. The van der Waals surface area contributed by atoms with Crippen LogP contribution in [0.1, 0.15) is 29.2 Å². The molecule has 27 heavy (non-hydrogen) atoms. The molecule has 0 spiro atoms. The first-order chi connectivity index (χ1) is 13.0. The SMILES string of the molecule is COCCCN1C(=O)C(=O)/C(=C(/O)c2ccccc2)C1c1ccc(C)cc1. The number of benzene rings is 2. The van der Waals surface area contributed by atoms with E-state index in [1.54, 1.807) is 31.4 Å². The zero-order valence-electron chi connectivity index (χ0n) is 15.5. The van der Waals surface area contributed by atoms with Crippen LogP contribution in [0.3, 0.4) is 0 Å². The summed E-state index contributed by atoms with van der Waals surface area (Å²) in [5, 5.41) is 10.8. The number of hydrogen-bond acceptors (Lipinski definition) is 4. The van der Waals surface area contributed by atoms with Crippen LogP contribution in [0.2, 0.25) is 0 Å². The number of rotatable bonds is 6. The molecule has 2 aromatic carbocycles. The molecule has 1 fully saturated rings. The van der Waals surface area contributed by atoms with Crippen molar-refractivity contribution in [2.24, 2.45) is 0 Å². The standard InChI is InChI=1S/C22H23NO4/c1-15-9-11-16(12-10-15)19-18(20(24)17-7-4-3-5-8-17)21(25)22(26)23(19)13-6-14-27-2/h3-5,7-12,19,24H,6,13-14H2,1-2H3/b20-18+. The number of amides is 1. The average molecular weight is 365 g/mol. The van der Waals surface area contributed by atoms with Gasteiger partial charge in [-0.2, -0.15) is 0 Å². The molecule has 0 saturated carbocycles. The van der Waals surface area contributed by atoms with Gasteiger partial charge >= 0.3 is 0 Å². The number of carbonyl (C=O) groups excluding carboxylic acids is 2. The smallest absolute Gasteiger partial charge is 0.295 e. The fourth-order valence-electron chi connectivity index (χ4n) is 3.34. The number of ether oxygens (including phenoxy) is 1. The van der Waals surface area contributed by atoms with Crippen LogP contribution in [0.4, 0.5) is 0 Å². The normalized spacial score (nSPS) is 18.9. The van der Waals surface area contributed by atoms with Crippen molar-refractivity contribution in [1.29, 1.82) is 0 Å². The molecular weight excluding hydrogens is 342 g/mol. The summed E-state index contributed by atoms with van der Waals surface area (Å²) in [5.41, 5.74) is 2.53. The monoisotopic (exact) mass is 365 g/mol. The Bertz CT molecular complexity index is 856. The molecule has 1 aliphatic rings. The van der Waals surface area contributed by atoms with Gasteiger partial charge in [-0.3, -0.25) is 9.59 Å². The Balaban J connectivity index is 2.10. The Morgan fingerprint density at radius 1 is 1.07 bits per heavy atom. The van der Waals surface area contributed by atoms with Gasteiger partial charge in [-0.25, -0.2) is 0 Å². The average Bonchev–Trinajstić information content (AvgIpc) is 2.94. The summed E-state index contributed by atoms with van der Waals surface area (Å²) in [7, 11) is 1.60. The van der Waals surface area contributed by atoms with Gasteiger partial charge in [0, 0.05) is 25.8 Å². The maximum Gasteiger partial charge on any atom is 0.295 e. The minimum Gasteiger partial charge on any atom is -0.507 e. The second-order valence-electron chi connectivity index (χ2n) is 6.62. The summed E-state index contributed by atoms with van der Waals surface area (Å²) < 4.78 is 5.08. The predicted molar refractivity (Wildman–Crippen MR) is 103 cm³/mol. The van der Waals surface area contributed by atoms with Gasteiger partial charge in [0.15, 0.2) is 0 Å². The van der Waals surface area contributed by atoms with Crippen molar-refractivity contribution < 1.29 is 19.4 Å². The van der Waals surface area contributed by atoms with Crippen LogP contribution in [0.15, 0.2) is 60.2 Å². The van der Waals surface area contributed by atoms with Gasteiger partial charge in [0.2, 0.25) is 0 Å². The fourth-order valence-corrected chi connectivity index (χ4v) is 3.34. The molecule has 0 bridgehead atoms. The number of hydrogen-bond donors (Lipinski definition) is 1. The van der Waals surface area contributed by atoms with E-state index >= 15 is 0 Å². The minimum absolute atomic E-state index is 0.132. The Kier molecular flexibility index (Phi) is 5.72. The van der Waals surface area contributed by atoms with Crippen LogP contribution in [0.5, 0.6) is 0 Å². The molecule has 140 valence electrons. The van der Waals surface area contributed by atoms with Crippen molar-refractivity contribution in [3.63, 3.8) is 0 Å². The van der Waals surface area contributed by atoms with Gasteiger partial charge < -0.3 is 14.7 Å². The van der Waals surface area contributed by atoms with Crippen molar-refractivity contribution >= 4 is 17.4 Å². The first-order valence-corrected chi connectivity index (χ1v) is 8.94. The molecule has 0 radical (unpaired) electrons. The topological polar surface area (TPSA) is 66.8 Å². The lowest BCUT2D eigenvalue weighted by molar-refractivity contribution is -0.140. The summed E-state index contributed by atoms with van der Waals surface area (Å²) in [4.78, 5) is 27.0. The molecule has 1 aliphatic heterocycles. The van der Waals surface area contributed by atoms with E-state index in [1.165, 1.54) is 4.90 Å². The Labute approximate surface area is 158 Å². The summed E-state index contributed by atoms with van der Waals surface area (Å²) in [6, 6.07) is 15.9. The van der Waals surface area contributed by atoms with Gasteiger partial charge in [-0.1, -0.05) is 60.2 Å². The van der Waals surface area contributed by atoms with Crippen LogP contribution < -0.4 is 0 Å². The number of aliphatic hydroxyl groups excluding tert-OH is 1. The number of ketones is 1. The molecule has 0 aliphatic carbocycles. The maximum absolute atomic E-state index is 12.8. The number of aryl methyl sites for hydroxylation is 1. The van der Waals surface area contributed by atoms with E-state index < -0.39 is 17.7 Å².